The number of ketones is 1. The molecule has 0 bridgehead atoms. The second kappa shape index (κ2) is 6.99. The highest BCUT2D eigenvalue weighted by molar-refractivity contribution is 8.03. The van der Waals surface area contributed by atoms with Crippen LogP contribution in [-0.4, -0.2) is 15.3 Å². The van der Waals surface area contributed by atoms with Crippen LogP contribution in [0.15, 0.2) is 42.0 Å². The Balaban J connectivity index is 2.24. The number of carbonyl (C=O) groups is 1. The molecule has 3 rings (SSSR count). The first-order valence-electron chi connectivity index (χ1n) is 8.97. The van der Waals surface area contributed by atoms with Crippen molar-refractivity contribution in [2.45, 2.75) is 51.0 Å². The van der Waals surface area contributed by atoms with Gasteiger partial charge >= 0.3 is 0 Å². The molecule has 0 unspecified atom stereocenters. The van der Waals surface area contributed by atoms with Crippen LogP contribution in [0.25, 0.3) is 16.7 Å². The van der Waals surface area contributed by atoms with E-state index in [2.05, 4.69) is 39.8 Å². The summed E-state index contributed by atoms with van der Waals surface area (Å²) in [6.07, 6.45) is 0. The maximum atomic E-state index is 13.3. The van der Waals surface area contributed by atoms with Crippen LogP contribution < -0.4 is 0 Å². The fourth-order valence-electron chi connectivity index (χ4n) is 3.64. The molecule has 2 aromatic rings. The number of hydrogen-bond donors (Lipinski definition) is 0. The van der Waals surface area contributed by atoms with E-state index in [0.717, 1.165) is 33.4 Å². The number of carbonyl (C=O) groups excluding carboxylic acids is 1. The van der Waals surface area contributed by atoms with Crippen molar-refractivity contribution < 1.29 is 4.79 Å². The van der Waals surface area contributed by atoms with Gasteiger partial charge in [0.2, 0.25) is 0 Å². The van der Waals surface area contributed by atoms with Gasteiger partial charge in [-0.1, -0.05) is 41.4 Å². The third-order valence-electron chi connectivity index (χ3n) is 5.31. The zero-order valence-corrected chi connectivity index (χ0v) is 18.9. The Kier molecular flexibility index (Phi) is 5.31. The lowest BCUT2D eigenvalue weighted by Gasteiger charge is -2.41. The molecule has 1 aliphatic heterocycles. The van der Waals surface area contributed by atoms with Crippen molar-refractivity contribution in [2.75, 3.05) is 0 Å². The lowest BCUT2D eigenvalue weighted by Crippen LogP contribution is -2.41. The standard InChI is InChI=1S/C23H24Cl2OS/c1-13-7-8-15(17-10-9-16(24)12-19(17)25)11-18(13)20-14(2)22(3,4)27-23(5,6)21(20)26/h7-12H,1-6H3. The van der Waals surface area contributed by atoms with Crippen molar-refractivity contribution >= 4 is 46.3 Å². The van der Waals surface area contributed by atoms with Gasteiger partial charge in [0.05, 0.1) is 4.75 Å². The van der Waals surface area contributed by atoms with E-state index in [1.807, 2.05) is 32.0 Å². The molecule has 27 heavy (non-hydrogen) atoms. The molecule has 4 heteroatoms. The second-order valence-corrected chi connectivity index (χ2v) is 11.2. The van der Waals surface area contributed by atoms with Crippen molar-refractivity contribution in [3.8, 4) is 11.1 Å². The topological polar surface area (TPSA) is 17.1 Å². The van der Waals surface area contributed by atoms with Gasteiger partial charge in [-0.25, -0.2) is 0 Å². The van der Waals surface area contributed by atoms with Gasteiger partial charge in [-0.3, -0.25) is 4.79 Å². The van der Waals surface area contributed by atoms with Crippen LogP contribution in [0, 0.1) is 6.92 Å². The molecule has 1 nitrogen and oxygen atoms in total. The predicted octanol–water partition coefficient (Wildman–Crippen LogP) is 7.62. The molecule has 0 amide bonds. The number of thioether (sulfide) groups is 1. The predicted molar refractivity (Wildman–Crippen MR) is 120 cm³/mol. The number of halogens is 2. The second-order valence-electron chi connectivity index (χ2n) is 8.11. The molecule has 0 atom stereocenters. The first-order chi connectivity index (χ1) is 12.4. The Morgan fingerprint density at radius 1 is 0.852 bits per heavy atom. The maximum absolute atomic E-state index is 13.3. The highest BCUT2D eigenvalue weighted by Gasteiger charge is 2.44. The van der Waals surface area contributed by atoms with Crippen LogP contribution in [0.3, 0.4) is 0 Å². The zero-order chi connectivity index (χ0) is 20.1. The van der Waals surface area contributed by atoms with Crippen molar-refractivity contribution in [3.05, 3.63) is 63.1 Å². The summed E-state index contributed by atoms with van der Waals surface area (Å²) in [6.45, 7) is 12.6. The van der Waals surface area contributed by atoms with Gasteiger partial charge in [-0.2, -0.15) is 0 Å². The molecule has 1 heterocycles. The van der Waals surface area contributed by atoms with Crippen LogP contribution >= 0.6 is 35.0 Å². The molecule has 0 radical (unpaired) electrons. The molecule has 0 N–H and O–H groups in total. The summed E-state index contributed by atoms with van der Waals surface area (Å²) in [4.78, 5) is 13.3. The zero-order valence-electron chi connectivity index (χ0n) is 16.5. The third kappa shape index (κ3) is 3.72. The van der Waals surface area contributed by atoms with Crippen LogP contribution in [0.1, 0.15) is 45.7 Å². The average molecular weight is 419 g/mol. The normalized spacial score (nSPS) is 18.7. The first kappa shape index (κ1) is 20.5. The Hall–Kier alpha value is -1.22. The summed E-state index contributed by atoms with van der Waals surface area (Å²) >= 11 is 14.2. The Morgan fingerprint density at radius 3 is 2.15 bits per heavy atom. The van der Waals surface area contributed by atoms with E-state index < -0.39 is 4.75 Å². The fourth-order valence-corrected chi connectivity index (χ4v) is 5.88. The summed E-state index contributed by atoms with van der Waals surface area (Å²) in [5.74, 6) is 0.187. The quantitative estimate of drug-likeness (QED) is 0.498. The summed E-state index contributed by atoms with van der Waals surface area (Å²) < 4.78 is -0.564. The minimum Gasteiger partial charge on any atom is -0.293 e. The molecule has 142 valence electrons. The highest BCUT2D eigenvalue weighted by Crippen LogP contribution is 2.51. The van der Waals surface area contributed by atoms with Crippen molar-refractivity contribution in [1.82, 2.24) is 0 Å². The first-order valence-corrected chi connectivity index (χ1v) is 10.5. The van der Waals surface area contributed by atoms with Crippen LogP contribution in [0.4, 0.5) is 0 Å². The number of hydrogen-bond acceptors (Lipinski definition) is 2. The minimum absolute atomic E-state index is 0.104. The summed E-state index contributed by atoms with van der Waals surface area (Å²) in [6, 6.07) is 11.7. The number of allylic oxidation sites excluding steroid dienone is 1. The van der Waals surface area contributed by atoms with Crippen LogP contribution in [0.2, 0.25) is 10.0 Å². The van der Waals surface area contributed by atoms with E-state index in [9.17, 15) is 4.79 Å². The summed E-state index contributed by atoms with van der Waals surface area (Å²) in [7, 11) is 0. The number of rotatable bonds is 2. The lowest BCUT2D eigenvalue weighted by atomic mass is 9.83. The highest BCUT2D eigenvalue weighted by atomic mass is 35.5. The molecule has 0 aromatic heterocycles. The van der Waals surface area contributed by atoms with E-state index in [1.165, 1.54) is 0 Å². The molecular weight excluding hydrogens is 395 g/mol. The van der Waals surface area contributed by atoms with E-state index in [-0.39, 0.29) is 10.5 Å². The fraction of sp³-hybridized carbons (Fsp3) is 0.348. The van der Waals surface area contributed by atoms with Gasteiger partial charge in [-0.15, -0.1) is 11.8 Å². The van der Waals surface area contributed by atoms with Crippen LogP contribution in [-0.2, 0) is 4.79 Å². The van der Waals surface area contributed by atoms with E-state index in [4.69, 9.17) is 23.2 Å². The van der Waals surface area contributed by atoms with Gasteiger partial charge in [-0.05, 0) is 82.0 Å². The van der Waals surface area contributed by atoms with E-state index in [0.29, 0.717) is 10.0 Å². The largest absolute Gasteiger partial charge is 0.293 e. The van der Waals surface area contributed by atoms with Gasteiger partial charge in [0.25, 0.3) is 0 Å². The Bertz CT molecular complexity index is 970. The third-order valence-corrected chi connectivity index (χ3v) is 7.37. The SMILES string of the molecule is CC1=C(c2cc(-c3ccc(Cl)cc3Cl)ccc2C)C(=O)C(C)(C)SC1(C)C. The minimum atomic E-state index is -0.460. The molecular formula is C23H24Cl2OS. The van der Waals surface area contributed by atoms with Gasteiger partial charge in [0.15, 0.2) is 5.78 Å². The monoisotopic (exact) mass is 418 g/mol. The summed E-state index contributed by atoms with van der Waals surface area (Å²) in [5, 5.41) is 1.21. The van der Waals surface area contributed by atoms with E-state index >= 15 is 0 Å². The molecule has 0 fully saturated rings. The lowest BCUT2D eigenvalue weighted by molar-refractivity contribution is -0.115. The molecule has 0 aliphatic carbocycles. The number of aryl methyl sites for hydroxylation is 1. The smallest absolute Gasteiger partial charge is 0.178 e. The molecule has 0 spiro atoms. The summed E-state index contributed by atoms with van der Waals surface area (Å²) in [5.41, 5.74) is 5.94. The molecule has 2 aromatic carbocycles. The number of Topliss-reactive ketones (excluding diaryl/α,β-unsaturated/α-hetero) is 1. The van der Waals surface area contributed by atoms with Gasteiger partial charge in [0, 0.05) is 25.9 Å². The maximum Gasteiger partial charge on any atom is 0.178 e. The van der Waals surface area contributed by atoms with Crippen molar-refractivity contribution in [2.24, 2.45) is 0 Å². The van der Waals surface area contributed by atoms with Crippen molar-refractivity contribution in [1.29, 1.82) is 0 Å². The molecule has 0 saturated carbocycles. The number of benzene rings is 2. The Labute approximate surface area is 176 Å². The average Bonchev–Trinajstić information content (AvgIpc) is 2.55. The van der Waals surface area contributed by atoms with Gasteiger partial charge < -0.3 is 0 Å². The Morgan fingerprint density at radius 2 is 1.52 bits per heavy atom. The molecule has 0 saturated heterocycles. The van der Waals surface area contributed by atoms with E-state index in [1.54, 1.807) is 17.8 Å². The van der Waals surface area contributed by atoms with Crippen molar-refractivity contribution in [3.63, 3.8) is 0 Å². The van der Waals surface area contributed by atoms with Crippen LogP contribution in [0.5, 0.6) is 0 Å². The molecule has 1 aliphatic rings. The van der Waals surface area contributed by atoms with Gasteiger partial charge in [0.1, 0.15) is 0 Å².